The minimum Gasteiger partial charge on any atom is -0.373 e. The lowest BCUT2D eigenvalue weighted by Gasteiger charge is -2.24. The molecule has 3 nitrogen and oxygen atoms in total. The highest BCUT2D eigenvalue weighted by molar-refractivity contribution is 5.35. The van der Waals surface area contributed by atoms with Crippen LogP contribution >= 0.6 is 0 Å². The molecule has 3 heteroatoms. The van der Waals surface area contributed by atoms with E-state index in [2.05, 4.69) is 34.3 Å². The number of aromatic nitrogens is 1. The number of unbranched alkanes of at least 4 members (excludes halogenated alkanes) is 1. The van der Waals surface area contributed by atoms with E-state index in [0.29, 0.717) is 6.04 Å². The van der Waals surface area contributed by atoms with Gasteiger partial charge in [0.1, 0.15) is 5.82 Å². The maximum absolute atomic E-state index is 4.42. The molecule has 0 bridgehead atoms. The van der Waals surface area contributed by atoms with Crippen molar-refractivity contribution in [3.05, 3.63) is 23.9 Å². The van der Waals surface area contributed by atoms with E-state index in [9.17, 15) is 0 Å². The number of anilines is 1. The minimum absolute atomic E-state index is 0.597. The molecule has 1 aromatic heterocycles. The highest BCUT2D eigenvalue weighted by atomic mass is 15.2. The molecule has 1 atom stereocenters. The largest absolute Gasteiger partial charge is 0.373 e. The first-order valence-electron chi connectivity index (χ1n) is 6.73. The van der Waals surface area contributed by atoms with E-state index in [0.717, 1.165) is 5.82 Å². The zero-order chi connectivity index (χ0) is 12.1. The van der Waals surface area contributed by atoms with Crippen molar-refractivity contribution in [2.45, 2.75) is 38.6 Å². The number of hydrogen-bond acceptors (Lipinski definition) is 3. The maximum Gasteiger partial charge on any atom is 0.125 e. The van der Waals surface area contributed by atoms with Crippen molar-refractivity contribution in [3.63, 3.8) is 0 Å². The van der Waals surface area contributed by atoms with Crippen molar-refractivity contribution < 1.29 is 0 Å². The van der Waals surface area contributed by atoms with E-state index in [1.807, 2.05) is 13.2 Å². The molecule has 0 spiro atoms. The number of nitrogens with zero attached hydrogens (tertiary/aromatic N) is 2. The van der Waals surface area contributed by atoms with E-state index >= 15 is 0 Å². The van der Waals surface area contributed by atoms with Crippen LogP contribution in [0.5, 0.6) is 0 Å². The van der Waals surface area contributed by atoms with Crippen molar-refractivity contribution in [1.82, 2.24) is 9.88 Å². The summed E-state index contributed by atoms with van der Waals surface area (Å²) < 4.78 is 0. The van der Waals surface area contributed by atoms with Gasteiger partial charge in [-0.1, -0.05) is 19.4 Å². The lowest BCUT2D eigenvalue weighted by atomic mass is 10.1. The highest BCUT2D eigenvalue weighted by Crippen LogP contribution is 2.31. The van der Waals surface area contributed by atoms with Crippen LogP contribution in [0.2, 0.25) is 0 Å². The summed E-state index contributed by atoms with van der Waals surface area (Å²) in [5.74, 6) is 0.951. The van der Waals surface area contributed by atoms with Gasteiger partial charge in [-0.15, -0.1) is 0 Å². The van der Waals surface area contributed by atoms with E-state index < -0.39 is 0 Å². The lowest BCUT2D eigenvalue weighted by molar-refractivity contribution is 0.253. The van der Waals surface area contributed by atoms with Gasteiger partial charge in [-0.2, -0.15) is 0 Å². The van der Waals surface area contributed by atoms with E-state index in [-0.39, 0.29) is 0 Å². The molecule has 1 aliphatic rings. The summed E-state index contributed by atoms with van der Waals surface area (Å²) in [6.07, 6.45) is 7.21. The second-order valence-corrected chi connectivity index (χ2v) is 4.77. The molecular formula is C14H23N3. The molecule has 1 aromatic rings. The Balaban J connectivity index is 2.03. The van der Waals surface area contributed by atoms with Crippen LogP contribution in [0.25, 0.3) is 0 Å². The number of rotatable bonds is 5. The average molecular weight is 233 g/mol. The molecule has 0 amide bonds. The van der Waals surface area contributed by atoms with Crippen LogP contribution in [0.4, 0.5) is 5.82 Å². The summed E-state index contributed by atoms with van der Waals surface area (Å²) in [7, 11) is 1.91. The standard InChI is InChI=1S/C14H23N3/c1-3-4-9-17-10-5-6-13(17)12-7-8-14(15-2)16-11-12/h7-8,11,13H,3-6,9-10H2,1-2H3,(H,15,16)/t13-/m1/s1. The zero-order valence-corrected chi connectivity index (χ0v) is 10.9. The zero-order valence-electron chi connectivity index (χ0n) is 10.9. The Morgan fingerprint density at radius 1 is 1.47 bits per heavy atom. The van der Waals surface area contributed by atoms with Crippen molar-refractivity contribution in [1.29, 1.82) is 0 Å². The van der Waals surface area contributed by atoms with Gasteiger partial charge in [0.2, 0.25) is 0 Å². The van der Waals surface area contributed by atoms with Gasteiger partial charge in [-0.05, 0) is 44.0 Å². The molecule has 17 heavy (non-hydrogen) atoms. The molecule has 1 N–H and O–H groups in total. The Bertz CT molecular complexity index is 334. The molecule has 0 unspecified atom stereocenters. The van der Waals surface area contributed by atoms with Crippen LogP contribution < -0.4 is 5.32 Å². The summed E-state index contributed by atoms with van der Waals surface area (Å²) in [4.78, 5) is 7.03. The fourth-order valence-corrected chi connectivity index (χ4v) is 2.58. The quantitative estimate of drug-likeness (QED) is 0.847. The second kappa shape index (κ2) is 6.01. The molecular weight excluding hydrogens is 210 g/mol. The van der Waals surface area contributed by atoms with Crippen molar-refractivity contribution in [2.75, 3.05) is 25.5 Å². The predicted molar refractivity (Wildman–Crippen MR) is 72.2 cm³/mol. The summed E-state index contributed by atoms with van der Waals surface area (Å²) >= 11 is 0. The van der Waals surface area contributed by atoms with Gasteiger partial charge in [0.25, 0.3) is 0 Å². The Kier molecular flexibility index (Phi) is 4.37. The summed E-state index contributed by atoms with van der Waals surface area (Å²) in [6.45, 7) is 4.74. The molecule has 0 aliphatic carbocycles. The Morgan fingerprint density at radius 3 is 3.00 bits per heavy atom. The third-order valence-corrected chi connectivity index (χ3v) is 3.59. The monoisotopic (exact) mass is 233 g/mol. The predicted octanol–water partition coefficient (Wildman–Crippen LogP) is 3.06. The maximum atomic E-state index is 4.42. The van der Waals surface area contributed by atoms with Gasteiger partial charge in [-0.3, -0.25) is 4.90 Å². The summed E-state index contributed by atoms with van der Waals surface area (Å²) in [5.41, 5.74) is 1.37. The third-order valence-electron chi connectivity index (χ3n) is 3.59. The molecule has 1 fully saturated rings. The van der Waals surface area contributed by atoms with Crippen LogP contribution in [-0.4, -0.2) is 30.0 Å². The molecule has 94 valence electrons. The van der Waals surface area contributed by atoms with Gasteiger partial charge in [0, 0.05) is 19.3 Å². The van der Waals surface area contributed by atoms with Crippen molar-refractivity contribution in [3.8, 4) is 0 Å². The highest BCUT2D eigenvalue weighted by Gasteiger charge is 2.25. The molecule has 2 heterocycles. The molecule has 0 saturated carbocycles. The summed E-state index contributed by atoms with van der Waals surface area (Å²) in [6, 6.07) is 4.89. The first-order chi connectivity index (χ1) is 8.35. The van der Waals surface area contributed by atoms with Crippen LogP contribution in [0.3, 0.4) is 0 Å². The number of likely N-dealkylation sites (tertiary alicyclic amines) is 1. The fraction of sp³-hybridized carbons (Fsp3) is 0.643. The number of hydrogen-bond donors (Lipinski definition) is 1. The second-order valence-electron chi connectivity index (χ2n) is 4.77. The van der Waals surface area contributed by atoms with Gasteiger partial charge >= 0.3 is 0 Å². The van der Waals surface area contributed by atoms with Crippen LogP contribution in [0.1, 0.15) is 44.2 Å². The molecule has 0 radical (unpaired) electrons. The van der Waals surface area contributed by atoms with Crippen molar-refractivity contribution in [2.24, 2.45) is 0 Å². The molecule has 1 saturated heterocycles. The van der Waals surface area contributed by atoms with Crippen molar-refractivity contribution >= 4 is 5.82 Å². The average Bonchev–Trinajstić information content (AvgIpc) is 2.84. The van der Waals surface area contributed by atoms with Gasteiger partial charge in [-0.25, -0.2) is 4.98 Å². The SMILES string of the molecule is CCCCN1CCC[C@@H]1c1ccc(NC)nc1. The fourth-order valence-electron chi connectivity index (χ4n) is 2.58. The third kappa shape index (κ3) is 2.97. The van der Waals surface area contributed by atoms with Gasteiger partial charge in [0.15, 0.2) is 0 Å². The number of nitrogens with one attached hydrogen (secondary N) is 1. The number of pyridine rings is 1. The Labute approximate surface area is 104 Å². The summed E-state index contributed by atoms with van der Waals surface area (Å²) in [5, 5.41) is 3.07. The van der Waals surface area contributed by atoms with Gasteiger partial charge < -0.3 is 5.32 Å². The molecule has 2 rings (SSSR count). The van der Waals surface area contributed by atoms with Crippen LogP contribution in [-0.2, 0) is 0 Å². The minimum atomic E-state index is 0.597. The first-order valence-corrected chi connectivity index (χ1v) is 6.73. The van der Waals surface area contributed by atoms with E-state index in [1.165, 1.54) is 44.3 Å². The Morgan fingerprint density at radius 2 is 2.35 bits per heavy atom. The van der Waals surface area contributed by atoms with Crippen LogP contribution in [0.15, 0.2) is 18.3 Å². The molecule has 1 aliphatic heterocycles. The van der Waals surface area contributed by atoms with E-state index in [4.69, 9.17) is 0 Å². The first kappa shape index (κ1) is 12.4. The Hall–Kier alpha value is -1.09. The normalized spacial score (nSPS) is 20.7. The molecule has 0 aromatic carbocycles. The smallest absolute Gasteiger partial charge is 0.125 e. The van der Waals surface area contributed by atoms with E-state index in [1.54, 1.807) is 0 Å². The van der Waals surface area contributed by atoms with Crippen LogP contribution in [0, 0.1) is 0 Å². The van der Waals surface area contributed by atoms with Gasteiger partial charge in [0.05, 0.1) is 0 Å². The topological polar surface area (TPSA) is 28.2 Å². The lowest BCUT2D eigenvalue weighted by Crippen LogP contribution is -2.24.